The van der Waals surface area contributed by atoms with Gasteiger partial charge < -0.3 is 4.90 Å². The van der Waals surface area contributed by atoms with Gasteiger partial charge in [0.25, 0.3) is 0 Å². The average Bonchev–Trinajstić information content (AvgIpc) is 2.88. The zero-order valence-electron chi connectivity index (χ0n) is 10.1. The fourth-order valence-corrected chi connectivity index (χ4v) is 1.48. The molecule has 0 spiro atoms. The predicted molar refractivity (Wildman–Crippen MR) is 59.8 cm³/mol. The molecular weight excluding hydrogens is 206 g/mol. The van der Waals surface area contributed by atoms with Crippen LogP contribution in [0.4, 0.5) is 0 Å². The maximum absolute atomic E-state index is 10.7. The number of hydrogen-bond donors (Lipinski definition) is 0. The van der Waals surface area contributed by atoms with Crippen LogP contribution in [-0.4, -0.2) is 30.1 Å². The van der Waals surface area contributed by atoms with Gasteiger partial charge in [0.15, 0.2) is 6.17 Å². The van der Waals surface area contributed by atoms with Crippen molar-refractivity contribution in [3.63, 3.8) is 0 Å². The van der Waals surface area contributed by atoms with Crippen molar-refractivity contribution < 1.29 is 4.79 Å². The Morgan fingerprint density at radius 2 is 2.00 bits per heavy atom. The number of rotatable bonds is 2. The summed E-state index contributed by atoms with van der Waals surface area (Å²) in [5.74, 6) is 0.748. The summed E-state index contributed by atoms with van der Waals surface area (Å²) >= 11 is 0. The molecule has 16 heavy (non-hydrogen) atoms. The molecular formula is C10H19N5O. The van der Waals surface area contributed by atoms with E-state index in [0.717, 1.165) is 25.9 Å². The van der Waals surface area contributed by atoms with Crippen molar-refractivity contribution >= 4 is 5.91 Å². The molecule has 2 rings (SSSR count). The summed E-state index contributed by atoms with van der Waals surface area (Å²) in [5, 5.41) is 14.2. The summed E-state index contributed by atoms with van der Waals surface area (Å²) in [4.78, 5) is 12.6. The lowest BCUT2D eigenvalue weighted by Gasteiger charge is -2.10. The zero-order valence-corrected chi connectivity index (χ0v) is 10.1. The van der Waals surface area contributed by atoms with Crippen LogP contribution in [0.2, 0.25) is 0 Å². The Morgan fingerprint density at radius 3 is 2.25 bits per heavy atom. The highest BCUT2D eigenvalue weighted by molar-refractivity contribution is 5.77. The highest BCUT2D eigenvalue weighted by Gasteiger charge is 2.17. The van der Waals surface area contributed by atoms with Crippen molar-refractivity contribution in [1.29, 1.82) is 0 Å². The Morgan fingerprint density at radius 1 is 1.38 bits per heavy atom. The molecule has 1 saturated heterocycles. The smallest absolute Gasteiger partial charge is 0.222 e. The van der Waals surface area contributed by atoms with Crippen LogP contribution < -0.4 is 0 Å². The fraction of sp³-hybridized carbons (Fsp3) is 0.900. The molecule has 0 unspecified atom stereocenters. The second-order valence-electron chi connectivity index (χ2n) is 4.14. The highest BCUT2D eigenvalue weighted by Crippen LogP contribution is 2.13. The Hall–Kier alpha value is -1.33. The van der Waals surface area contributed by atoms with Crippen LogP contribution in [0, 0.1) is 5.92 Å². The summed E-state index contributed by atoms with van der Waals surface area (Å²) in [6, 6.07) is 0. The number of carbonyl (C=O) groups excluding carboxylic acids is 1. The molecule has 90 valence electrons. The first-order chi connectivity index (χ1) is 7.65. The minimum atomic E-state index is -0.0185. The number of amides is 1. The number of carbonyl (C=O) groups is 1. The van der Waals surface area contributed by atoms with E-state index in [1.165, 1.54) is 0 Å². The van der Waals surface area contributed by atoms with Gasteiger partial charge in [-0.3, -0.25) is 4.79 Å². The van der Waals surface area contributed by atoms with Crippen molar-refractivity contribution in [1.82, 2.24) is 4.90 Å². The monoisotopic (exact) mass is 225 g/mol. The Balaban J connectivity index is 0.000000160. The molecule has 0 aliphatic carbocycles. The van der Waals surface area contributed by atoms with E-state index in [-0.39, 0.29) is 6.17 Å². The van der Waals surface area contributed by atoms with E-state index >= 15 is 0 Å². The first-order valence-electron chi connectivity index (χ1n) is 5.73. The molecule has 2 heterocycles. The summed E-state index contributed by atoms with van der Waals surface area (Å²) in [7, 11) is 0. The molecule has 1 fully saturated rings. The van der Waals surface area contributed by atoms with Gasteiger partial charge in [-0.05, 0) is 29.7 Å². The van der Waals surface area contributed by atoms with E-state index in [9.17, 15) is 4.79 Å². The molecule has 1 amide bonds. The first-order valence-corrected chi connectivity index (χ1v) is 5.73. The van der Waals surface area contributed by atoms with Crippen LogP contribution in [0.5, 0.6) is 0 Å². The highest BCUT2D eigenvalue weighted by atomic mass is 16.2. The fourth-order valence-electron chi connectivity index (χ4n) is 1.48. The van der Waals surface area contributed by atoms with E-state index in [1.54, 1.807) is 0 Å². The summed E-state index contributed by atoms with van der Waals surface area (Å²) < 4.78 is 0. The lowest BCUT2D eigenvalue weighted by molar-refractivity contribution is -0.127. The third kappa shape index (κ3) is 3.67. The number of nitrogens with zero attached hydrogens (tertiary/aromatic N) is 5. The molecule has 2 aliphatic rings. The second-order valence-corrected chi connectivity index (χ2v) is 4.14. The van der Waals surface area contributed by atoms with Gasteiger partial charge in [-0.15, -0.1) is 10.2 Å². The van der Waals surface area contributed by atoms with Gasteiger partial charge in [0.2, 0.25) is 5.91 Å². The van der Waals surface area contributed by atoms with Crippen LogP contribution in [0.1, 0.15) is 33.6 Å². The topological polar surface area (TPSA) is 69.8 Å². The summed E-state index contributed by atoms with van der Waals surface area (Å²) in [6.45, 7) is 7.96. The van der Waals surface area contributed by atoms with E-state index in [0.29, 0.717) is 11.8 Å². The minimum Gasteiger partial charge on any atom is -0.343 e. The van der Waals surface area contributed by atoms with E-state index in [1.807, 2.05) is 25.7 Å². The van der Waals surface area contributed by atoms with Crippen LogP contribution in [-0.2, 0) is 4.79 Å². The summed E-state index contributed by atoms with van der Waals surface area (Å²) in [5.41, 5.74) is 0. The third-order valence-corrected chi connectivity index (χ3v) is 2.53. The molecule has 0 saturated carbocycles. The van der Waals surface area contributed by atoms with E-state index < -0.39 is 0 Å². The van der Waals surface area contributed by atoms with Gasteiger partial charge in [0.05, 0.1) is 0 Å². The third-order valence-electron chi connectivity index (χ3n) is 2.53. The maximum atomic E-state index is 10.7. The van der Waals surface area contributed by atoms with Gasteiger partial charge in [-0.2, -0.15) is 0 Å². The SMILES string of the molecule is CC(C)C1N=NN=N1.CCN1CCCC1=O. The molecule has 0 radical (unpaired) electrons. The lowest BCUT2D eigenvalue weighted by Crippen LogP contribution is -2.23. The normalized spacial score (nSPS) is 19.5. The summed E-state index contributed by atoms with van der Waals surface area (Å²) in [6.07, 6.45) is 1.82. The molecule has 2 aliphatic heterocycles. The van der Waals surface area contributed by atoms with Crippen molar-refractivity contribution in [2.75, 3.05) is 13.1 Å². The van der Waals surface area contributed by atoms with Crippen LogP contribution in [0.25, 0.3) is 0 Å². The van der Waals surface area contributed by atoms with Crippen LogP contribution in [0.3, 0.4) is 0 Å². The minimum absolute atomic E-state index is 0.0185. The Kier molecular flexibility index (Phi) is 5.01. The Labute approximate surface area is 95.8 Å². The molecule has 6 nitrogen and oxygen atoms in total. The molecule has 0 atom stereocenters. The van der Waals surface area contributed by atoms with Crippen LogP contribution in [0.15, 0.2) is 20.7 Å². The van der Waals surface area contributed by atoms with Crippen LogP contribution >= 0.6 is 0 Å². The van der Waals surface area contributed by atoms with Gasteiger partial charge in [-0.1, -0.05) is 13.8 Å². The number of hydrogen-bond acceptors (Lipinski definition) is 5. The quantitative estimate of drug-likeness (QED) is 0.711. The molecule has 0 aromatic heterocycles. The first kappa shape index (κ1) is 12.7. The van der Waals surface area contributed by atoms with Crippen molar-refractivity contribution in [2.45, 2.75) is 39.8 Å². The van der Waals surface area contributed by atoms with Gasteiger partial charge >= 0.3 is 0 Å². The second kappa shape index (κ2) is 6.30. The average molecular weight is 225 g/mol. The van der Waals surface area contributed by atoms with Gasteiger partial charge in [-0.25, -0.2) is 0 Å². The van der Waals surface area contributed by atoms with Crippen molar-refractivity contribution in [2.24, 2.45) is 26.6 Å². The van der Waals surface area contributed by atoms with Crippen molar-refractivity contribution in [3.8, 4) is 0 Å². The Bertz CT molecular complexity index is 275. The molecule has 0 aromatic carbocycles. The number of likely N-dealkylation sites (tertiary alicyclic amines) is 1. The van der Waals surface area contributed by atoms with E-state index in [4.69, 9.17) is 0 Å². The standard InChI is InChI=1S/C6H11NO.C4H8N4/c1-2-7-5-3-4-6(7)8;1-3(2)4-5-7-8-6-4/h2-5H2,1H3;3-4H,1-2H3. The maximum Gasteiger partial charge on any atom is 0.222 e. The van der Waals surface area contributed by atoms with Gasteiger partial charge in [0.1, 0.15) is 0 Å². The zero-order chi connectivity index (χ0) is 12.0. The molecule has 0 N–H and O–H groups in total. The molecule has 6 heteroatoms. The molecule has 0 bridgehead atoms. The molecule has 0 aromatic rings. The van der Waals surface area contributed by atoms with Gasteiger partial charge in [0, 0.05) is 19.5 Å². The van der Waals surface area contributed by atoms with Crippen molar-refractivity contribution in [3.05, 3.63) is 0 Å². The largest absolute Gasteiger partial charge is 0.343 e. The predicted octanol–water partition coefficient (Wildman–Crippen LogP) is 2.43. The van der Waals surface area contributed by atoms with E-state index in [2.05, 4.69) is 20.7 Å². The lowest BCUT2D eigenvalue weighted by atomic mass is 10.2.